The van der Waals surface area contributed by atoms with Crippen molar-refractivity contribution in [3.63, 3.8) is 0 Å². The SMILES string of the molecule is CCC(CCl)(CCl)NCc1nc(C)c(C)s1. The fourth-order valence-corrected chi connectivity index (χ4v) is 3.05. The highest BCUT2D eigenvalue weighted by Gasteiger charge is 2.25. The summed E-state index contributed by atoms with van der Waals surface area (Å²) in [6, 6.07) is 0. The lowest BCUT2D eigenvalue weighted by molar-refractivity contribution is 0.384. The number of hydrogen-bond donors (Lipinski definition) is 1. The van der Waals surface area contributed by atoms with Crippen LogP contribution in [0.2, 0.25) is 0 Å². The molecule has 92 valence electrons. The molecule has 0 aliphatic carbocycles. The molecule has 1 aromatic heterocycles. The summed E-state index contributed by atoms with van der Waals surface area (Å²) >= 11 is 13.7. The summed E-state index contributed by atoms with van der Waals surface area (Å²) in [5, 5.41) is 4.52. The van der Waals surface area contributed by atoms with Crippen LogP contribution in [0.1, 0.15) is 28.9 Å². The Bertz CT molecular complexity index is 307. The Morgan fingerprint density at radius 3 is 2.31 bits per heavy atom. The molecule has 1 heterocycles. The van der Waals surface area contributed by atoms with Crippen LogP contribution >= 0.6 is 34.5 Å². The molecule has 1 rings (SSSR count). The van der Waals surface area contributed by atoms with Gasteiger partial charge in [0.2, 0.25) is 0 Å². The molecule has 1 N–H and O–H groups in total. The lowest BCUT2D eigenvalue weighted by Gasteiger charge is -2.29. The van der Waals surface area contributed by atoms with Gasteiger partial charge in [0.05, 0.1) is 5.69 Å². The first kappa shape index (κ1) is 14.2. The highest BCUT2D eigenvalue weighted by Crippen LogP contribution is 2.19. The van der Waals surface area contributed by atoms with Crippen molar-refractivity contribution in [1.29, 1.82) is 0 Å². The van der Waals surface area contributed by atoms with E-state index in [2.05, 4.69) is 24.1 Å². The monoisotopic (exact) mass is 280 g/mol. The van der Waals surface area contributed by atoms with Gasteiger partial charge in [-0.2, -0.15) is 0 Å². The van der Waals surface area contributed by atoms with E-state index in [1.165, 1.54) is 4.88 Å². The predicted octanol–water partition coefficient (Wildman–Crippen LogP) is 3.48. The standard InChI is InChI=1S/C11H18Cl2N2S/c1-4-11(6-12,7-13)14-5-10-15-8(2)9(3)16-10/h14H,4-7H2,1-3H3. The molecule has 16 heavy (non-hydrogen) atoms. The smallest absolute Gasteiger partial charge is 0.107 e. The van der Waals surface area contributed by atoms with E-state index in [4.69, 9.17) is 23.2 Å². The Kier molecular flexibility index (Phi) is 5.51. The molecule has 0 amide bonds. The van der Waals surface area contributed by atoms with Crippen LogP contribution in [-0.4, -0.2) is 22.3 Å². The Morgan fingerprint density at radius 1 is 1.31 bits per heavy atom. The molecule has 0 saturated heterocycles. The molecule has 0 saturated carbocycles. The van der Waals surface area contributed by atoms with Gasteiger partial charge in [0.15, 0.2) is 0 Å². The molecule has 5 heteroatoms. The van der Waals surface area contributed by atoms with E-state index in [1.807, 2.05) is 6.92 Å². The molecule has 1 aromatic rings. The number of nitrogens with one attached hydrogen (secondary N) is 1. The van der Waals surface area contributed by atoms with Gasteiger partial charge >= 0.3 is 0 Å². The lowest BCUT2D eigenvalue weighted by Crippen LogP contribution is -2.47. The summed E-state index contributed by atoms with van der Waals surface area (Å²) in [6.07, 6.45) is 0.920. The summed E-state index contributed by atoms with van der Waals surface area (Å²) in [5.74, 6) is 1.05. The first-order chi connectivity index (χ1) is 7.56. The number of hydrogen-bond acceptors (Lipinski definition) is 3. The third-order valence-corrected chi connectivity index (χ3v) is 4.97. The largest absolute Gasteiger partial charge is 0.303 e. The van der Waals surface area contributed by atoms with Gasteiger partial charge in [-0.15, -0.1) is 34.5 Å². The van der Waals surface area contributed by atoms with Crippen LogP contribution < -0.4 is 5.32 Å². The number of nitrogens with zero attached hydrogens (tertiary/aromatic N) is 1. The third kappa shape index (κ3) is 3.33. The second-order valence-electron chi connectivity index (χ2n) is 4.00. The zero-order valence-corrected chi connectivity index (χ0v) is 12.3. The van der Waals surface area contributed by atoms with Crippen molar-refractivity contribution in [1.82, 2.24) is 10.3 Å². The second kappa shape index (κ2) is 6.20. The van der Waals surface area contributed by atoms with Gasteiger partial charge in [-0.1, -0.05) is 6.92 Å². The van der Waals surface area contributed by atoms with Gasteiger partial charge in [0, 0.05) is 28.7 Å². The van der Waals surface area contributed by atoms with Crippen molar-refractivity contribution in [3.8, 4) is 0 Å². The zero-order chi connectivity index (χ0) is 12.2. The van der Waals surface area contributed by atoms with Crippen molar-refractivity contribution in [2.24, 2.45) is 0 Å². The molecule has 0 aliphatic heterocycles. The van der Waals surface area contributed by atoms with Crippen molar-refractivity contribution >= 4 is 34.5 Å². The lowest BCUT2D eigenvalue weighted by atomic mass is 10.0. The number of rotatable bonds is 6. The van der Waals surface area contributed by atoms with Gasteiger partial charge in [-0.25, -0.2) is 4.98 Å². The fourth-order valence-electron chi connectivity index (χ4n) is 1.32. The molecule has 0 fully saturated rings. The van der Waals surface area contributed by atoms with Crippen LogP contribution in [0.4, 0.5) is 0 Å². The number of thiazole rings is 1. The highest BCUT2D eigenvalue weighted by atomic mass is 35.5. The second-order valence-corrected chi connectivity index (χ2v) is 5.83. The zero-order valence-electron chi connectivity index (χ0n) is 9.94. The van der Waals surface area contributed by atoms with Crippen LogP contribution in [0.25, 0.3) is 0 Å². The van der Waals surface area contributed by atoms with Gasteiger partial charge in [0.1, 0.15) is 5.01 Å². The molecule has 2 nitrogen and oxygen atoms in total. The molecule has 0 spiro atoms. The summed E-state index contributed by atoms with van der Waals surface area (Å²) in [7, 11) is 0. The summed E-state index contributed by atoms with van der Waals surface area (Å²) in [6.45, 7) is 6.96. The molecular formula is C11H18Cl2N2S. The van der Waals surface area contributed by atoms with E-state index in [-0.39, 0.29) is 5.54 Å². The molecule has 0 aliphatic rings. The van der Waals surface area contributed by atoms with Crippen LogP contribution in [0.5, 0.6) is 0 Å². The Hall–Kier alpha value is 0.170. The Balaban J connectivity index is 2.62. The van der Waals surface area contributed by atoms with Crippen LogP contribution in [0.15, 0.2) is 0 Å². The molecule has 0 radical (unpaired) electrons. The Labute approximate surface area is 111 Å². The maximum Gasteiger partial charge on any atom is 0.107 e. The number of alkyl halides is 2. The minimum atomic E-state index is -0.170. The van der Waals surface area contributed by atoms with Gasteiger partial charge in [-0.3, -0.25) is 0 Å². The first-order valence-corrected chi connectivity index (χ1v) is 7.25. The van der Waals surface area contributed by atoms with Gasteiger partial charge in [0.25, 0.3) is 0 Å². The molecular weight excluding hydrogens is 263 g/mol. The summed E-state index contributed by atoms with van der Waals surface area (Å²) in [4.78, 5) is 5.76. The van der Waals surface area contributed by atoms with E-state index in [1.54, 1.807) is 11.3 Å². The minimum Gasteiger partial charge on any atom is -0.303 e. The molecule has 0 unspecified atom stereocenters. The Morgan fingerprint density at radius 2 is 1.94 bits per heavy atom. The van der Waals surface area contributed by atoms with Crippen molar-refractivity contribution in [2.75, 3.05) is 11.8 Å². The number of aryl methyl sites for hydroxylation is 2. The topological polar surface area (TPSA) is 24.9 Å². The van der Waals surface area contributed by atoms with Crippen LogP contribution in [0.3, 0.4) is 0 Å². The quantitative estimate of drug-likeness (QED) is 0.807. The van der Waals surface area contributed by atoms with Crippen molar-refractivity contribution in [2.45, 2.75) is 39.3 Å². The number of halogens is 2. The maximum atomic E-state index is 5.96. The van der Waals surface area contributed by atoms with Crippen molar-refractivity contribution < 1.29 is 0 Å². The highest BCUT2D eigenvalue weighted by molar-refractivity contribution is 7.11. The average molecular weight is 281 g/mol. The van der Waals surface area contributed by atoms with E-state index >= 15 is 0 Å². The van der Waals surface area contributed by atoms with Crippen molar-refractivity contribution in [3.05, 3.63) is 15.6 Å². The predicted molar refractivity (Wildman–Crippen MR) is 72.9 cm³/mol. The summed E-state index contributed by atoms with van der Waals surface area (Å²) in [5.41, 5.74) is 0.942. The van der Waals surface area contributed by atoms with E-state index in [9.17, 15) is 0 Å². The third-order valence-electron chi connectivity index (χ3n) is 2.88. The molecule has 0 bridgehead atoms. The maximum absolute atomic E-state index is 5.96. The van der Waals surface area contributed by atoms with E-state index in [0.717, 1.165) is 23.7 Å². The average Bonchev–Trinajstić information content (AvgIpc) is 2.61. The molecule has 0 atom stereocenters. The van der Waals surface area contributed by atoms with E-state index < -0.39 is 0 Å². The van der Waals surface area contributed by atoms with E-state index in [0.29, 0.717) is 11.8 Å². The van der Waals surface area contributed by atoms with Gasteiger partial charge < -0.3 is 5.32 Å². The van der Waals surface area contributed by atoms with Crippen LogP contribution in [0, 0.1) is 13.8 Å². The summed E-state index contributed by atoms with van der Waals surface area (Å²) < 4.78 is 0. The van der Waals surface area contributed by atoms with Gasteiger partial charge in [-0.05, 0) is 20.3 Å². The van der Waals surface area contributed by atoms with Crippen LogP contribution in [-0.2, 0) is 6.54 Å². The normalized spacial score (nSPS) is 12.1. The first-order valence-electron chi connectivity index (χ1n) is 5.36. The minimum absolute atomic E-state index is 0.170. The number of aromatic nitrogens is 1. The fraction of sp³-hybridized carbons (Fsp3) is 0.727. The molecule has 0 aromatic carbocycles.